The Morgan fingerprint density at radius 2 is 1.94 bits per heavy atom. The lowest BCUT2D eigenvalue weighted by Crippen LogP contribution is -2.46. The molecule has 0 bridgehead atoms. The van der Waals surface area contributed by atoms with Crippen molar-refractivity contribution in [3.05, 3.63) is 23.9 Å². The molecule has 2 amide bonds. The molecule has 0 saturated carbocycles. The highest BCUT2D eigenvalue weighted by atomic mass is 16.2. The fourth-order valence-corrected chi connectivity index (χ4v) is 1.57. The van der Waals surface area contributed by atoms with Crippen LogP contribution in [0, 0.1) is 12.8 Å². The van der Waals surface area contributed by atoms with Crippen molar-refractivity contribution in [2.45, 2.75) is 33.7 Å². The number of nitrogens with zero attached hydrogens (tertiary/aromatic N) is 1. The zero-order valence-corrected chi connectivity index (χ0v) is 11.2. The summed E-state index contributed by atoms with van der Waals surface area (Å²) < 4.78 is 0. The van der Waals surface area contributed by atoms with Gasteiger partial charge in [0.05, 0.1) is 0 Å². The van der Waals surface area contributed by atoms with E-state index in [2.05, 4.69) is 15.6 Å². The molecule has 0 fully saturated rings. The minimum atomic E-state index is -0.551. The third kappa shape index (κ3) is 4.16. The van der Waals surface area contributed by atoms with Gasteiger partial charge in [-0.15, -0.1) is 0 Å². The molecule has 1 aromatic rings. The van der Waals surface area contributed by atoms with Crippen LogP contribution in [0.15, 0.2) is 18.2 Å². The third-order valence-electron chi connectivity index (χ3n) is 2.45. The van der Waals surface area contributed by atoms with E-state index in [9.17, 15) is 9.59 Å². The van der Waals surface area contributed by atoms with Gasteiger partial charge in [-0.1, -0.05) is 19.9 Å². The number of nitrogens with one attached hydrogen (secondary N) is 2. The molecule has 1 heterocycles. The number of aromatic nitrogens is 1. The molecule has 1 aromatic heterocycles. The van der Waals surface area contributed by atoms with Gasteiger partial charge < -0.3 is 10.6 Å². The Morgan fingerprint density at radius 3 is 2.44 bits per heavy atom. The monoisotopic (exact) mass is 249 g/mol. The van der Waals surface area contributed by atoms with Gasteiger partial charge in [-0.05, 0) is 25.0 Å². The average molecular weight is 249 g/mol. The predicted molar refractivity (Wildman–Crippen MR) is 70.0 cm³/mol. The van der Waals surface area contributed by atoms with E-state index in [4.69, 9.17) is 0 Å². The molecule has 0 unspecified atom stereocenters. The van der Waals surface area contributed by atoms with Gasteiger partial charge in [0.25, 0.3) is 0 Å². The van der Waals surface area contributed by atoms with Crippen LogP contribution in [0.5, 0.6) is 0 Å². The number of rotatable bonds is 4. The Hall–Kier alpha value is -1.91. The summed E-state index contributed by atoms with van der Waals surface area (Å²) >= 11 is 0. The predicted octanol–water partition coefficient (Wildman–Crippen LogP) is 1.49. The lowest BCUT2D eigenvalue weighted by atomic mass is 10.0. The highest BCUT2D eigenvalue weighted by Crippen LogP contribution is 2.08. The molecule has 18 heavy (non-hydrogen) atoms. The Labute approximate surface area is 107 Å². The van der Waals surface area contributed by atoms with Gasteiger partial charge in [-0.3, -0.25) is 9.59 Å². The second kappa shape index (κ2) is 6.14. The number of carbonyl (C=O) groups is 2. The van der Waals surface area contributed by atoms with Gasteiger partial charge in [0.2, 0.25) is 11.8 Å². The molecule has 0 aliphatic heterocycles. The van der Waals surface area contributed by atoms with Crippen molar-refractivity contribution in [3.63, 3.8) is 0 Å². The van der Waals surface area contributed by atoms with Crippen LogP contribution < -0.4 is 10.6 Å². The quantitative estimate of drug-likeness (QED) is 0.849. The molecule has 1 atom stereocenters. The molecule has 98 valence electrons. The molecule has 0 aliphatic rings. The van der Waals surface area contributed by atoms with Gasteiger partial charge in [0.15, 0.2) is 0 Å². The number of hydrogen-bond acceptors (Lipinski definition) is 3. The molecule has 0 radical (unpaired) electrons. The van der Waals surface area contributed by atoms with Crippen LogP contribution in [-0.4, -0.2) is 22.8 Å². The Morgan fingerprint density at radius 1 is 1.28 bits per heavy atom. The van der Waals surface area contributed by atoms with Gasteiger partial charge >= 0.3 is 0 Å². The van der Waals surface area contributed by atoms with Crippen LogP contribution in [0.2, 0.25) is 0 Å². The van der Waals surface area contributed by atoms with E-state index in [1.165, 1.54) is 6.92 Å². The second-order valence-electron chi connectivity index (χ2n) is 4.58. The standard InChI is InChI=1S/C13H19N3O2/c1-8(2)12(15-10(4)17)13(18)16-11-7-5-6-9(3)14-11/h5-8,12H,1-4H3,(H,15,17)(H,14,16,18)/t12-/m1/s1. The minimum absolute atomic E-state index is 0.0127. The van der Waals surface area contributed by atoms with E-state index in [-0.39, 0.29) is 17.7 Å². The number of amides is 2. The Balaban J connectivity index is 2.75. The van der Waals surface area contributed by atoms with Crippen molar-refractivity contribution in [3.8, 4) is 0 Å². The molecular weight excluding hydrogens is 230 g/mol. The largest absolute Gasteiger partial charge is 0.344 e. The van der Waals surface area contributed by atoms with Crippen LogP contribution in [0.1, 0.15) is 26.5 Å². The first kappa shape index (κ1) is 14.2. The van der Waals surface area contributed by atoms with Crippen molar-refractivity contribution < 1.29 is 9.59 Å². The molecule has 0 spiro atoms. The summed E-state index contributed by atoms with van der Waals surface area (Å²) in [4.78, 5) is 27.3. The van der Waals surface area contributed by atoms with Crippen LogP contribution in [-0.2, 0) is 9.59 Å². The molecule has 0 aromatic carbocycles. The number of anilines is 1. The normalized spacial score (nSPS) is 12.1. The SMILES string of the molecule is CC(=O)N[C@@H](C(=O)Nc1cccc(C)n1)C(C)C. The van der Waals surface area contributed by atoms with Gasteiger partial charge in [-0.25, -0.2) is 4.98 Å². The Kier molecular flexibility index (Phi) is 4.83. The summed E-state index contributed by atoms with van der Waals surface area (Å²) in [5.74, 6) is 0.0362. The van der Waals surface area contributed by atoms with Gasteiger partial charge in [-0.2, -0.15) is 0 Å². The van der Waals surface area contributed by atoms with Crippen LogP contribution >= 0.6 is 0 Å². The van der Waals surface area contributed by atoms with Crippen molar-refractivity contribution in [1.29, 1.82) is 0 Å². The maximum atomic E-state index is 12.0. The van der Waals surface area contributed by atoms with E-state index in [1.54, 1.807) is 6.07 Å². The summed E-state index contributed by atoms with van der Waals surface area (Å²) in [6.45, 7) is 7.00. The zero-order valence-electron chi connectivity index (χ0n) is 11.2. The summed E-state index contributed by atoms with van der Waals surface area (Å²) in [5.41, 5.74) is 0.827. The first-order valence-corrected chi connectivity index (χ1v) is 5.91. The average Bonchev–Trinajstić information content (AvgIpc) is 2.25. The van der Waals surface area contributed by atoms with E-state index in [0.717, 1.165) is 5.69 Å². The van der Waals surface area contributed by atoms with Crippen LogP contribution in [0.4, 0.5) is 5.82 Å². The summed E-state index contributed by atoms with van der Waals surface area (Å²) in [7, 11) is 0. The molecular formula is C13H19N3O2. The molecule has 5 nitrogen and oxygen atoms in total. The van der Waals surface area contributed by atoms with Crippen LogP contribution in [0.3, 0.4) is 0 Å². The number of pyridine rings is 1. The lowest BCUT2D eigenvalue weighted by Gasteiger charge is -2.20. The number of hydrogen-bond donors (Lipinski definition) is 2. The van der Waals surface area contributed by atoms with E-state index in [0.29, 0.717) is 5.82 Å². The fourth-order valence-electron chi connectivity index (χ4n) is 1.57. The number of carbonyl (C=O) groups excluding carboxylic acids is 2. The van der Waals surface area contributed by atoms with E-state index in [1.807, 2.05) is 32.9 Å². The summed E-state index contributed by atoms with van der Waals surface area (Å²) in [6, 6.07) is 4.84. The first-order chi connectivity index (χ1) is 8.40. The number of aryl methyl sites for hydroxylation is 1. The smallest absolute Gasteiger partial charge is 0.248 e. The van der Waals surface area contributed by atoms with E-state index >= 15 is 0 Å². The molecule has 1 rings (SSSR count). The molecule has 2 N–H and O–H groups in total. The Bertz CT molecular complexity index is 444. The molecule has 5 heteroatoms. The minimum Gasteiger partial charge on any atom is -0.344 e. The lowest BCUT2D eigenvalue weighted by molar-refractivity contribution is -0.126. The summed E-state index contributed by atoms with van der Waals surface area (Å²) in [6.07, 6.45) is 0. The van der Waals surface area contributed by atoms with Crippen molar-refractivity contribution in [2.75, 3.05) is 5.32 Å². The van der Waals surface area contributed by atoms with Crippen molar-refractivity contribution in [1.82, 2.24) is 10.3 Å². The molecule has 0 aliphatic carbocycles. The zero-order chi connectivity index (χ0) is 13.7. The topological polar surface area (TPSA) is 71.1 Å². The van der Waals surface area contributed by atoms with Crippen LogP contribution in [0.25, 0.3) is 0 Å². The molecule has 0 saturated heterocycles. The highest BCUT2D eigenvalue weighted by molar-refractivity contribution is 5.96. The van der Waals surface area contributed by atoms with Gasteiger partial charge in [0.1, 0.15) is 11.9 Å². The fraction of sp³-hybridized carbons (Fsp3) is 0.462. The maximum absolute atomic E-state index is 12.0. The van der Waals surface area contributed by atoms with Crippen molar-refractivity contribution >= 4 is 17.6 Å². The third-order valence-corrected chi connectivity index (χ3v) is 2.45. The first-order valence-electron chi connectivity index (χ1n) is 5.91. The highest BCUT2D eigenvalue weighted by Gasteiger charge is 2.23. The van der Waals surface area contributed by atoms with E-state index < -0.39 is 6.04 Å². The summed E-state index contributed by atoms with van der Waals surface area (Å²) in [5, 5.41) is 5.34. The van der Waals surface area contributed by atoms with Crippen molar-refractivity contribution in [2.24, 2.45) is 5.92 Å². The maximum Gasteiger partial charge on any atom is 0.248 e. The van der Waals surface area contributed by atoms with Gasteiger partial charge in [0, 0.05) is 12.6 Å². The second-order valence-corrected chi connectivity index (χ2v) is 4.58.